The van der Waals surface area contributed by atoms with E-state index >= 15 is 0 Å². The first-order valence-corrected chi connectivity index (χ1v) is 24.1. The van der Waals surface area contributed by atoms with Gasteiger partial charge in [-0.2, -0.15) is 0 Å². The summed E-state index contributed by atoms with van der Waals surface area (Å²) in [5.41, 5.74) is 0. The van der Waals surface area contributed by atoms with Gasteiger partial charge in [0.15, 0.2) is 6.10 Å². The highest BCUT2D eigenvalue weighted by Crippen LogP contribution is 2.43. The molecule has 0 rings (SSSR count). The maximum Gasteiger partial charge on any atom is 0.472 e. The van der Waals surface area contributed by atoms with Crippen LogP contribution in [0, 0.1) is 0 Å². The predicted octanol–water partition coefficient (Wildman–Crippen LogP) is 9.42. The summed E-state index contributed by atoms with van der Waals surface area (Å²) in [6.45, 7) is 1.45. The van der Waals surface area contributed by atoms with Gasteiger partial charge in [0, 0.05) is 12.8 Å². The molecule has 14 nitrogen and oxygen atoms in total. The highest BCUT2D eigenvalue weighted by molar-refractivity contribution is 7.47. The molecule has 4 atom stereocenters. The quantitative estimate of drug-likeness (QED) is 0.0128. The Morgan fingerprint density at radius 3 is 1.76 bits per heavy atom. The van der Waals surface area contributed by atoms with Crippen LogP contribution in [0.15, 0.2) is 60.8 Å². The highest BCUT2D eigenvalue weighted by Gasteiger charge is 2.28. The second kappa shape index (κ2) is 37.8. The number of ether oxygens (including phenoxy) is 2. The number of unbranched alkanes of at least 4 members (excludes halogenated alkanes) is 13. The molecule has 0 aliphatic rings. The van der Waals surface area contributed by atoms with Crippen molar-refractivity contribution in [3.05, 3.63) is 60.8 Å². The molecule has 5 N–H and O–H groups in total. The Labute approximate surface area is 347 Å². The van der Waals surface area contributed by atoms with Crippen LogP contribution < -0.4 is 0 Å². The lowest BCUT2D eigenvalue weighted by Crippen LogP contribution is -2.30. The molecule has 0 amide bonds. The molecule has 0 radical (unpaired) electrons. The second-order valence-electron chi connectivity index (χ2n) is 14.1. The molecule has 0 aromatic heterocycles. The molecule has 0 spiro atoms. The number of carbonyl (C=O) groups excluding carboxylic acids is 2. The van der Waals surface area contributed by atoms with Gasteiger partial charge in [-0.3, -0.25) is 23.2 Å². The summed E-state index contributed by atoms with van der Waals surface area (Å²) in [5.74, 6) is -1.11. The number of esters is 2. The minimum Gasteiger partial charge on any atom is -0.462 e. The molecule has 0 aliphatic carbocycles. The number of aliphatic hydroxyl groups excluding tert-OH is 2. The van der Waals surface area contributed by atoms with Gasteiger partial charge in [0.2, 0.25) is 0 Å². The summed E-state index contributed by atoms with van der Waals surface area (Å²) in [5, 5.41) is 19.6. The van der Waals surface area contributed by atoms with Crippen molar-refractivity contribution in [1.29, 1.82) is 0 Å². The van der Waals surface area contributed by atoms with E-state index in [1.807, 2.05) is 37.3 Å². The Balaban J connectivity index is 4.64. The number of phosphoric ester groups is 2. The van der Waals surface area contributed by atoms with Crippen molar-refractivity contribution in [2.45, 2.75) is 167 Å². The van der Waals surface area contributed by atoms with Crippen LogP contribution in [0.4, 0.5) is 0 Å². The van der Waals surface area contributed by atoms with E-state index in [4.69, 9.17) is 23.8 Å². The smallest absolute Gasteiger partial charge is 0.462 e. The Bertz CT molecular complexity index is 1280. The fourth-order valence-electron chi connectivity index (χ4n) is 5.24. The molecule has 0 saturated heterocycles. The monoisotopic (exact) mass is 864 g/mol. The number of rotatable bonds is 39. The average Bonchev–Trinajstić information content (AvgIpc) is 3.17. The average molecular weight is 865 g/mol. The number of aliphatic hydroxyl groups is 2. The van der Waals surface area contributed by atoms with Gasteiger partial charge in [-0.25, -0.2) is 9.13 Å². The summed E-state index contributed by atoms with van der Waals surface area (Å²) < 4.78 is 47.7. The van der Waals surface area contributed by atoms with Gasteiger partial charge in [-0.1, -0.05) is 126 Å². The molecule has 0 aromatic rings. The summed E-state index contributed by atoms with van der Waals surface area (Å²) >= 11 is 0. The molecule has 58 heavy (non-hydrogen) atoms. The van der Waals surface area contributed by atoms with E-state index < -0.39 is 72.3 Å². The second-order valence-corrected chi connectivity index (χ2v) is 16.8. The SMILES string of the molecule is CC/C=C/CC(O)/C=C/C=C/CCCCCCCC(=O)O[C@H](COC(=O)CCCCCCC/C=C\C/C=C\CCCCC)COP(=O)(O)OC[C@@H](O)COP(=O)(O)O. The van der Waals surface area contributed by atoms with Crippen LogP contribution in [0.25, 0.3) is 0 Å². The fourth-order valence-corrected chi connectivity index (χ4v) is 6.39. The summed E-state index contributed by atoms with van der Waals surface area (Å²) in [7, 11) is -9.70. The van der Waals surface area contributed by atoms with Crippen LogP contribution in [0.2, 0.25) is 0 Å². The first-order valence-electron chi connectivity index (χ1n) is 21.1. The van der Waals surface area contributed by atoms with Crippen LogP contribution in [-0.2, 0) is 41.8 Å². The van der Waals surface area contributed by atoms with Crippen molar-refractivity contribution in [3.63, 3.8) is 0 Å². The number of hydrogen-bond donors (Lipinski definition) is 5. The van der Waals surface area contributed by atoms with E-state index in [0.717, 1.165) is 83.5 Å². The van der Waals surface area contributed by atoms with Gasteiger partial charge in [-0.15, -0.1) is 0 Å². The van der Waals surface area contributed by atoms with Crippen LogP contribution in [-0.4, -0.2) is 81.6 Å². The largest absolute Gasteiger partial charge is 0.472 e. The number of hydrogen-bond acceptors (Lipinski definition) is 11. The summed E-state index contributed by atoms with van der Waals surface area (Å²) in [6, 6.07) is 0. The molecule has 0 fully saturated rings. The van der Waals surface area contributed by atoms with E-state index in [0.29, 0.717) is 19.3 Å². The van der Waals surface area contributed by atoms with E-state index in [1.165, 1.54) is 19.3 Å². The van der Waals surface area contributed by atoms with Gasteiger partial charge >= 0.3 is 27.6 Å². The van der Waals surface area contributed by atoms with Crippen LogP contribution in [0.3, 0.4) is 0 Å². The standard InChI is InChI=1S/C42H74O14P2/c1-3-5-7-8-9-10-11-12-13-14-15-18-21-24-28-32-41(45)52-36-40(37-55-58(50,51)54-35-39(44)34-53-57(47,48)49)56-42(46)33-29-25-22-19-16-17-20-23-27-31-38(43)30-26-6-4-2/h6,9-10,12-13,20,23,26-27,31,38-40,43-44H,3-5,7-8,11,14-19,21-22,24-25,28-30,32-37H2,1-2H3,(H,50,51)(H2,47,48,49)/b10-9-,13-12-,23-20+,26-6+,31-27+/t38?,39-,40+/m0/s1. The zero-order valence-electron chi connectivity index (χ0n) is 35.0. The van der Waals surface area contributed by atoms with Crippen LogP contribution in [0.5, 0.6) is 0 Å². The maximum atomic E-state index is 12.6. The lowest BCUT2D eigenvalue weighted by molar-refractivity contribution is -0.161. The van der Waals surface area contributed by atoms with E-state index in [1.54, 1.807) is 6.08 Å². The first kappa shape index (κ1) is 55.8. The zero-order valence-corrected chi connectivity index (χ0v) is 36.8. The molecule has 0 bridgehead atoms. The third-order valence-corrected chi connectivity index (χ3v) is 9.90. The summed E-state index contributed by atoms with van der Waals surface area (Å²) in [6.07, 6.45) is 35.4. The van der Waals surface area contributed by atoms with Crippen molar-refractivity contribution in [2.75, 3.05) is 26.4 Å². The Morgan fingerprint density at radius 2 is 1.14 bits per heavy atom. The number of carbonyl (C=O) groups is 2. The number of allylic oxidation sites excluding steroid dienone is 8. The van der Waals surface area contributed by atoms with Crippen LogP contribution in [0.1, 0.15) is 149 Å². The lowest BCUT2D eigenvalue weighted by Gasteiger charge is -2.20. The third-order valence-electron chi connectivity index (χ3n) is 8.46. The lowest BCUT2D eigenvalue weighted by atomic mass is 10.1. The molecule has 0 heterocycles. The summed E-state index contributed by atoms with van der Waals surface area (Å²) in [4.78, 5) is 52.6. The van der Waals surface area contributed by atoms with Gasteiger partial charge in [0.25, 0.3) is 0 Å². The van der Waals surface area contributed by atoms with Gasteiger partial charge < -0.3 is 34.4 Å². The number of phosphoric acid groups is 2. The van der Waals surface area contributed by atoms with Gasteiger partial charge in [0.1, 0.15) is 12.7 Å². The maximum absolute atomic E-state index is 12.6. The van der Waals surface area contributed by atoms with Crippen molar-refractivity contribution in [3.8, 4) is 0 Å². The van der Waals surface area contributed by atoms with E-state index in [-0.39, 0.29) is 12.8 Å². The highest BCUT2D eigenvalue weighted by atomic mass is 31.2. The van der Waals surface area contributed by atoms with Gasteiger partial charge in [0.05, 0.1) is 25.9 Å². The third kappa shape index (κ3) is 40.6. The Morgan fingerprint density at radius 1 is 0.586 bits per heavy atom. The van der Waals surface area contributed by atoms with E-state index in [9.17, 15) is 33.8 Å². The van der Waals surface area contributed by atoms with Crippen LogP contribution >= 0.6 is 15.6 Å². The molecular formula is C42H74O14P2. The molecule has 16 heteroatoms. The zero-order chi connectivity index (χ0) is 43.2. The molecule has 336 valence electrons. The van der Waals surface area contributed by atoms with Crippen molar-refractivity contribution < 1.29 is 66.7 Å². The van der Waals surface area contributed by atoms with Crippen molar-refractivity contribution >= 4 is 27.6 Å². The Hall–Kier alpha value is -2.22. The fraction of sp³-hybridized carbons (Fsp3) is 0.714. The topological polar surface area (TPSA) is 216 Å². The molecule has 0 aliphatic heterocycles. The van der Waals surface area contributed by atoms with Crippen molar-refractivity contribution in [2.24, 2.45) is 0 Å². The molecule has 0 saturated carbocycles. The molecular weight excluding hydrogens is 790 g/mol. The van der Waals surface area contributed by atoms with Crippen molar-refractivity contribution in [1.82, 2.24) is 0 Å². The van der Waals surface area contributed by atoms with E-state index in [2.05, 4.69) is 40.3 Å². The van der Waals surface area contributed by atoms with Gasteiger partial charge in [-0.05, 0) is 70.6 Å². The molecule has 2 unspecified atom stereocenters. The normalized spacial score (nSPS) is 15.2. The molecule has 0 aromatic carbocycles. The Kier molecular flexibility index (Phi) is 36.3. The minimum atomic E-state index is -4.87. The first-order chi connectivity index (χ1) is 27.8. The minimum absolute atomic E-state index is 0.0793. The predicted molar refractivity (Wildman–Crippen MR) is 227 cm³/mol.